The van der Waals surface area contributed by atoms with Crippen LogP contribution in [-0.4, -0.2) is 22.5 Å². The van der Waals surface area contributed by atoms with Gasteiger partial charge in [-0.25, -0.2) is 23.1 Å². The molecule has 0 radical (unpaired) electrons. The Morgan fingerprint density at radius 3 is 2.46 bits per heavy atom. The number of nitrogens with zero attached hydrogens (tertiary/aromatic N) is 2. The molecule has 0 bridgehead atoms. The number of nitrogens with one attached hydrogen (secondary N) is 1. The van der Waals surface area contributed by atoms with Crippen molar-refractivity contribution in [3.63, 3.8) is 0 Å². The zero-order valence-corrected chi connectivity index (χ0v) is 15.5. The average molecular weight is 404 g/mol. The average Bonchev–Trinajstić information content (AvgIpc) is 2.70. The molecule has 5 nitrogen and oxygen atoms in total. The van der Waals surface area contributed by atoms with E-state index in [1.54, 1.807) is 6.26 Å². The number of aldehydes is 1. The minimum atomic E-state index is -0.841. The summed E-state index contributed by atoms with van der Waals surface area (Å²) in [4.78, 5) is 20.3. The molecule has 0 unspecified atom stereocenters. The van der Waals surface area contributed by atoms with Crippen LogP contribution in [0.25, 0.3) is 11.3 Å². The van der Waals surface area contributed by atoms with E-state index >= 15 is 0 Å². The van der Waals surface area contributed by atoms with Crippen molar-refractivity contribution in [3.05, 3.63) is 65.0 Å². The summed E-state index contributed by atoms with van der Waals surface area (Å²) in [6, 6.07) is 7.29. The molecule has 28 heavy (non-hydrogen) atoms. The molecule has 0 atom stereocenters. The molecule has 0 spiro atoms. The van der Waals surface area contributed by atoms with Gasteiger partial charge in [-0.3, -0.25) is 4.79 Å². The molecule has 2 aromatic carbocycles. The van der Waals surface area contributed by atoms with E-state index in [0.29, 0.717) is 17.4 Å². The van der Waals surface area contributed by atoms with Crippen molar-refractivity contribution in [2.24, 2.45) is 5.73 Å². The largest absolute Gasteiger partial charge is 0.335 e. The zero-order valence-electron chi connectivity index (χ0n) is 14.7. The molecule has 1 heterocycles. The molecule has 1 aromatic heterocycles. The van der Waals surface area contributed by atoms with Gasteiger partial charge >= 0.3 is 0 Å². The van der Waals surface area contributed by atoms with Gasteiger partial charge in [-0.2, -0.15) is 0 Å². The quantitative estimate of drug-likeness (QED) is 0.362. The maximum absolute atomic E-state index is 14.0. The van der Waals surface area contributed by atoms with Crippen molar-refractivity contribution in [2.45, 2.75) is 11.7 Å². The van der Waals surface area contributed by atoms with Crippen LogP contribution < -0.4 is 11.1 Å². The van der Waals surface area contributed by atoms with Gasteiger partial charge in [-0.15, -0.1) is 0 Å². The Kier molecular flexibility index (Phi) is 5.96. The number of para-hydroxylation sites is 1. The zero-order chi connectivity index (χ0) is 20.3. The Morgan fingerprint density at radius 1 is 1.14 bits per heavy atom. The monoisotopic (exact) mass is 404 g/mol. The first kappa shape index (κ1) is 19.8. The normalized spacial score (nSPS) is 10.8. The van der Waals surface area contributed by atoms with E-state index in [2.05, 4.69) is 15.3 Å². The number of benzene rings is 2. The second-order valence-electron chi connectivity index (χ2n) is 5.67. The molecule has 0 saturated heterocycles. The van der Waals surface area contributed by atoms with Crippen LogP contribution in [0.4, 0.5) is 24.7 Å². The number of hydrogen-bond donors (Lipinski definition) is 2. The van der Waals surface area contributed by atoms with E-state index in [0.717, 1.165) is 12.1 Å². The fourth-order valence-corrected chi connectivity index (χ4v) is 3.02. The Bertz CT molecular complexity index is 1030. The molecule has 9 heteroatoms. The smallest absolute Gasteiger partial charge is 0.189 e. The Morgan fingerprint density at radius 2 is 1.86 bits per heavy atom. The molecule has 0 saturated carbocycles. The van der Waals surface area contributed by atoms with E-state index in [1.165, 1.54) is 36.0 Å². The molecule has 0 amide bonds. The molecule has 3 N–H and O–H groups in total. The molecule has 3 rings (SSSR count). The fraction of sp³-hybridized carbons (Fsp3) is 0.105. The van der Waals surface area contributed by atoms with E-state index < -0.39 is 23.1 Å². The van der Waals surface area contributed by atoms with E-state index in [4.69, 9.17) is 5.73 Å². The van der Waals surface area contributed by atoms with Crippen molar-refractivity contribution in [2.75, 3.05) is 11.6 Å². The van der Waals surface area contributed by atoms with Crippen LogP contribution in [0.3, 0.4) is 0 Å². The lowest BCUT2D eigenvalue weighted by Gasteiger charge is -2.15. The van der Waals surface area contributed by atoms with Crippen LogP contribution >= 0.6 is 11.8 Å². The van der Waals surface area contributed by atoms with E-state index in [-0.39, 0.29) is 28.8 Å². The molecule has 0 fully saturated rings. The van der Waals surface area contributed by atoms with Crippen LogP contribution in [0.1, 0.15) is 15.9 Å². The maximum atomic E-state index is 14.0. The number of halogens is 3. The number of thioether (sulfide) groups is 1. The van der Waals surface area contributed by atoms with Crippen molar-refractivity contribution in [1.82, 2.24) is 9.97 Å². The Balaban J connectivity index is 2.23. The molecular weight excluding hydrogens is 389 g/mol. The van der Waals surface area contributed by atoms with Gasteiger partial charge in [0.2, 0.25) is 0 Å². The van der Waals surface area contributed by atoms with Gasteiger partial charge < -0.3 is 11.1 Å². The third-order valence-electron chi connectivity index (χ3n) is 3.97. The standard InChI is InChI=1S/C19H15F3N4OS/c1-28-19-25-16(12-6-5-11(20)7-10(12)8-23)13(9-27)18(26-19)24-17-14(21)3-2-4-15(17)22/h2-7,9H,8,23H2,1H3,(H,24,25,26). The fourth-order valence-electron chi connectivity index (χ4n) is 2.65. The summed E-state index contributed by atoms with van der Waals surface area (Å²) in [7, 11) is 0. The summed E-state index contributed by atoms with van der Waals surface area (Å²) in [6.07, 6.45) is 2.19. The minimum absolute atomic E-state index is 0.00863. The third kappa shape index (κ3) is 3.85. The van der Waals surface area contributed by atoms with Crippen molar-refractivity contribution < 1.29 is 18.0 Å². The minimum Gasteiger partial charge on any atom is -0.335 e. The summed E-state index contributed by atoms with van der Waals surface area (Å²) in [5, 5.41) is 2.80. The van der Waals surface area contributed by atoms with Gasteiger partial charge in [-0.1, -0.05) is 17.8 Å². The second-order valence-corrected chi connectivity index (χ2v) is 6.44. The molecule has 3 aromatic rings. The predicted molar refractivity (Wildman–Crippen MR) is 102 cm³/mol. The molecule has 144 valence electrons. The Labute approximate surface area is 163 Å². The molecular formula is C19H15F3N4OS. The van der Waals surface area contributed by atoms with Gasteiger partial charge in [0.25, 0.3) is 0 Å². The SMILES string of the molecule is CSc1nc(Nc2c(F)cccc2F)c(C=O)c(-c2ccc(F)cc2CN)n1. The molecule has 0 aliphatic carbocycles. The summed E-state index contributed by atoms with van der Waals surface area (Å²) in [5.41, 5.74) is 6.28. The van der Waals surface area contributed by atoms with E-state index in [1.807, 2.05) is 0 Å². The predicted octanol–water partition coefficient (Wildman–Crippen LogP) is 4.30. The first-order chi connectivity index (χ1) is 13.5. The van der Waals surface area contributed by atoms with Crippen LogP contribution in [0, 0.1) is 17.5 Å². The number of nitrogens with two attached hydrogens (primary N) is 1. The Hall–Kier alpha value is -2.91. The van der Waals surface area contributed by atoms with Gasteiger partial charge in [0, 0.05) is 12.1 Å². The number of anilines is 2. The lowest BCUT2D eigenvalue weighted by Crippen LogP contribution is -2.08. The van der Waals surface area contributed by atoms with Gasteiger partial charge in [-0.05, 0) is 42.2 Å². The second kappa shape index (κ2) is 8.41. The summed E-state index contributed by atoms with van der Waals surface area (Å²) < 4.78 is 41.7. The highest BCUT2D eigenvalue weighted by atomic mass is 32.2. The molecule has 0 aliphatic rings. The van der Waals surface area contributed by atoms with Crippen molar-refractivity contribution >= 4 is 29.6 Å². The number of carbonyl (C=O) groups excluding carboxylic acids is 1. The number of rotatable bonds is 6. The first-order valence-electron chi connectivity index (χ1n) is 8.09. The van der Waals surface area contributed by atoms with Gasteiger partial charge in [0.05, 0.1) is 11.3 Å². The van der Waals surface area contributed by atoms with E-state index in [9.17, 15) is 18.0 Å². The van der Waals surface area contributed by atoms with Gasteiger partial charge in [0.15, 0.2) is 11.4 Å². The summed E-state index contributed by atoms with van der Waals surface area (Å²) in [6.45, 7) is 0.00863. The van der Waals surface area contributed by atoms with Crippen LogP contribution in [0.2, 0.25) is 0 Å². The lowest BCUT2D eigenvalue weighted by molar-refractivity contribution is 0.112. The molecule has 0 aliphatic heterocycles. The van der Waals surface area contributed by atoms with Crippen LogP contribution in [-0.2, 0) is 6.54 Å². The van der Waals surface area contributed by atoms with Crippen LogP contribution in [0.5, 0.6) is 0 Å². The highest BCUT2D eigenvalue weighted by molar-refractivity contribution is 7.98. The summed E-state index contributed by atoms with van der Waals surface area (Å²) >= 11 is 1.18. The number of carbonyl (C=O) groups is 1. The third-order valence-corrected chi connectivity index (χ3v) is 4.52. The maximum Gasteiger partial charge on any atom is 0.189 e. The van der Waals surface area contributed by atoms with Crippen molar-refractivity contribution in [3.8, 4) is 11.3 Å². The highest BCUT2D eigenvalue weighted by Crippen LogP contribution is 2.32. The van der Waals surface area contributed by atoms with Gasteiger partial charge in [0.1, 0.15) is 29.0 Å². The highest BCUT2D eigenvalue weighted by Gasteiger charge is 2.20. The first-order valence-corrected chi connectivity index (χ1v) is 9.32. The number of aromatic nitrogens is 2. The summed E-state index contributed by atoms with van der Waals surface area (Å²) in [5.74, 6) is -2.23. The number of hydrogen-bond acceptors (Lipinski definition) is 6. The van der Waals surface area contributed by atoms with Crippen LogP contribution in [0.15, 0.2) is 41.6 Å². The lowest BCUT2D eigenvalue weighted by atomic mass is 10.0. The van der Waals surface area contributed by atoms with Crippen molar-refractivity contribution in [1.29, 1.82) is 0 Å². The topological polar surface area (TPSA) is 80.9 Å².